The highest BCUT2D eigenvalue weighted by atomic mass is 32.1. The Morgan fingerprint density at radius 1 is 1.14 bits per heavy atom. The first kappa shape index (κ1) is 18.6. The Morgan fingerprint density at radius 3 is 2.62 bits per heavy atom. The quantitative estimate of drug-likeness (QED) is 0.466. The van der Waals surface area contributed by atoms with E-state index in [1.54, 1.807) is 42.4 Å². The van der Waals surface area contributed by atoms with Crippen molar-refractivity contribution in [1.82, 2.24) is 19.7 Å². The van der Waals surface area contributed by atoms with Crippen LogP contribution in [0.3, 0.4) is 0 Å². The monoisotopic (exact) mass is 407 g/mol. The van der Waals surface area contributed by atoms with Gasteiger partial charge in [0.15, 0.2) is 5.13 Å². The highest BCUT2D eigenvalue weighted by molar-refractivity contribution is 7.13. The summed E-state index contributed by atoms with van der Waals surface area (Å²) in [6.45, 7) is 0.102. The maximum absolute atomic E-state index is 12.3. The molecule has 0 aliphatic rings. The lowest BCUT2D eigenvalue weighted by atomic mass is 10.2. The van der Waals surface area contributed by atoms with Gasteiger partial charge in [-0.25, -0.2) is 19.4 Å². The SMILES string of the molecule is COc1ccc(Nc2nc(COC(=O)c3ccc(-n4cncn4)cc3)cs2)cc1. The van der Waals surface area contributed by atoms with Crippen molar-refractivity contribution in [2.24, 2.45) is 0 Å². The predicted molar refractivity (Wildman–Crippen MR) is 109 cm³/mol. The molecule has 4 aromatic rings. The molecule has 0 radical (unpaired) electrons. The van der Waals surface area contributed by atoms with Gasteiger partial charge in [0.1, 0.15) is 25.0 Å². The molecule has 29 heavy (non-hydrogen) atoms. The van der Waals surface area contributed by atoms with Crippen LogP contribution in [-0.4, -0.2) is 32.8 Å². The minimum absolute atomic E-state index is 0.102. The zero-order chi connectivity index (χ0) is 20.1. The van der Waals surface area contributed by atoms with E-state index in [0.29, 0.717) is 11.3 Å². The first-order valence-electron chi connectivity index (χ1n) is 8.69. The van der Waals surface area contributed by atoms with Gasteiger partial charge in [0.05, 0.1) is 24.1 Å². The number of hydrogen-bond donors (Lipinski definition) is 1. The van der Waals surface area contributed by atoms with E-state index in [1.165, 1.54) is 17.7 Å². The number of hydrogen-bond acceptors (Lipinski definition) is 8. The topological polar surface area (TPSA) is 91.2 Å². The molecule has 0 bridgehead atoms. The highest BCUT2D eigenvalue weighted by Crippen LogP contribution is 2.23. The summed E-state index contributed by atoms with van der Waals surface area (Å²) >= 11 is 1.44. The Morgan fingerprint density at radius 2 is 1.93 bits per heavy atom. The largest absolute Gasteiger partial charge is 0.497 e. The molecule has 0 saturated heterocycles. The van der Waals surface area contributed by atoms with Crippen LogP contribution in [0.4, 0.5) is 10.8 Å². The number of ether oxygens (including phenoxy) is 2. The van der Waals surface area contributed by atoms with Crippen molar-refractivity contribution in [3.8, 4) is 11.4 Å². The van der Waals surface area contributed by atoms with Gasteiger partial charge in [0.2, 0.25) is 0 Å². The number of nitrogens with zero attached hydrogens (tertiary/aromatic N) is 4. The summed E-state index contributed by atoms with van der Waals surface area (Å²) in [7, 11) is 1.63. The predicted octanol–water partition coefficient (Wildman–Crippen LogP) is 3.83. The average Bonchev–Trinajstić information content (AvgIpc) is 3.45. The number of esters is 1. The Labute approximate surface area is 170 Å². The van der Waals surface area contributed by atoms with Crippen LogP contribution in [0.15, 0.2) is 66.6 Å². The molecule has 1 N–H and O–H groups in total. The second-order valence-electron chi connectivity index (χ2n) is 5.96. The van der Waals surface area contributed by atoms with E-state index in [4.69, 9.17) is 9.47 Å². The first-order chi connectivity index (χ1) is 14.2. The van der Waals surface area contributed by atoms with Crippen molar-refractivity contribution >= 4 is 28.1 Å². The van der Waals surface area contributed by atoms with E-state index >= 15 is 0 Å². The molecule has 0 aliphatic carbocycles. The fourth-order valence-electron chi connectivity index (χ4n) is 2.54. The Balaban J connectivity index is 1.32. The fraction of sp³-hybridized carbons (Fsp3) is 0.100. The summed E-state index contributed by atoms with van der Waals surface area (Å²) in [5.41, 5.74) is 2.85. The number of benzene rings is 2. The van der Waals surface area contributed by atoms with Gasteiger partial charge in [-0.15, -0.1) is 11.3 Å². The number of carbonyl (C=O) groups is 1. The number of aromatic nitrogens is 4. The van der Waals surface area contributed by atoms with E-state index in [9.17, 15) is 4.79 Å². The van der Waals surface area contributed by atoms with Crippen molar-refractivity contribution in [2.45, 2.75) is 6.61 Å². The molecular formula is C20H17N5O3S. The molecule has 0 spiro atoms. The number of anilines is 2. The molecule has 0 fully saturated rings. The lowest BCUT2D eigenvalue weighted by Crippen LogP contribution is -2.06. The van der Waals surface area contributed by atoms with Gasteiger partial charge in [0.25, 0.3) is 0 Å². The third-order valence-electron chi connectivity index (χ3n) is 4.03. The molecule has 2 aromatic heterocycles. The lowest BCUT2D eigenvalue weighted by Gasteiger charge is -2.05. The lowest BCUT2D eigenvalue weighted by molar-refractivity contribution is 0.0468. The molecule has 0 aliphatic heterocycles. The van der Waals surface area contributed by atoms with Crippen molar-refractivity contribution in [1.29, 1.82) is 0 Å². The van der Waals surface area contributed by atoms with E-state index in [-0.39, 0.29) is 6.61 Å². The Kier molecular flexibility index (Phi) is 5.48. The van der Waals surface area contributed by atoms with Crippen LogP contribution in [-0.2, 0) is 11.3 Å². The molecule has 8 nitrogen and oxygen atoms in total. The van der Waals surface area contributed by atoms with Crippen molar-refractivity contribution < 1.29 is 14.3 Å². The van der Waals surface area contributed by atoms with E-state index in [0.717, 1.165) is 22.3 Å². The number of rotatable bonds is 7. The third-order valence-corrected chi connectivity index (χ3v) is 4.84. The van der Waals surface area contributed by atoms with Gasteiger partial charge < -0.3 is 14.8 Å². The number of carbonyl (C=O) groups excluding carboxylic acids is 1. The normalized spacial score (nSPS) is 10.5. The maximum atomic E-state index is 12.3. The molecule has 0 amide bonds. The van der Waals surface area contributed by atoms with Crippen LogP contribution < -0.4 is 10.1 Å². The van der Waals surface area contributed by atoms with Crippen LogP contribution >= 0.6 is 11.3 Å². The molecule has 2 heterocycles. The van der Waals surface area contributed by atoms with Crippen LogP contribution in [0.25, 0.3) is 5.69 Å². The van der Waals surface area contributed by atoms with Crippen LogP contribution in [0, 0.1) is 0 Å². The van der Waals surface area contributed by atoms with Gasteiger partial charge >= 0.3 is 5.97 Å². The highest BCUT2D eigenvalue weighted by Gasteiger charge is 2.10. The average molecular weight is 407 g/mol. The van der Waals surface area contributed by atoms with Crippen LogP contribution in [0.1, 0.15) is 16.1 Å². The minimum Gasteiger partial charge on any atom is -0.497 e. The van der Waals surface area contributed by atoms with E-state index in [2.05, 4.69) is 20.4 Å². The number of methoxy groups -OCH3 is 1. The molecule has 9 heteroatoms. The number of thiazole rings is 1. The second kappa shape index (κ2) is 8.53. The van der Waals surface area contributed by atoms with E-state index in [1.807, 2.05) is 29.6 Å². The number of nitrogens with one attached hydrogen (secondary N) is 1. The molecule has 4 rings (SSSR count). The Bertz CT molecular complexity index is 1080. The van der Waals surface area contributed by atoms with Gasteiger partial charge in [-0.1, -0.05) is 0 Å². The van der Waals surface area contributed by atoms with Crippen molar-refractivity contribution in [3.05, 3.63) is 77.8 Å². The zero-order valence-corrected chi connectivity index (χ0v) is 16.3. The fourth-order valence-corrected chi connectivity index (χ4v) is 3.26. The summed E-state index contributed by atoms with van der Waals surface area (Å²) in [5.74, 6) is 0.379. The molecular weight excluding hydrogens is 390 g/mol. The standard InChI is InChI=1S/C20H17N5O3S/c1-27-18-8-4-15(5-9-18)23-20-24-16(11-29-20)10-28-19(26)14-2-6-17(7-3-14)25-13-21-12-22-25/h2-9,11-13H,10H2,1H3,(H,23,24). The maximum Gasteiger partial charge on any atom is 0.338 e. The third kappa shape index (κ3) is 4.58. The van der Waals surface area contributed by atoms with Crippen molar-refractivity contribution in [3.63, 3.8) is 0 Å². The zero-order valence-electron chi connectivity index (χ0n) is 15.5. The van der Waals surface area contributed by atoms with Crippen LogP contribution in [0.2, 0.25) is 0 Å². The molecule has 0 unspecified atom stereocenters. The molecule has 0 atom stereocenters. The second-order valence-corrected chi connectivity index (χ2v) is 6.82. The smallest absolute Gasteiger partial charge is 0.338 e. The summed E-state index contributed by atoms with van der Waals surface area (Å²) in [6.07, 6.45) is 3.04. The molecule has 146 valence electrons. The molecule has 2 aromatic carbocycles. The molecule has 0 saturated carbocycles. The van der Waals surface area contributed by atoms with Gasteiger partial charge in [-0.3, -0.25) is 0 Å². The summed E-state index contributed by atoms with van der Waals surface area (Å²) in [4.78, 5) is 20.6. The van der Waals surface area contributed by atoms with Gasteiger partial charge in [-0.05, 0) is 48.5 Å². The Hall–Kier alpha value is -3.72. The van der Waals surface area contributed by atoms with E-state index < -0.39 is 5.97 Å². The van der Waals surface area contributed by atoms with Gasteiger partial charge in [0, 0.05) is 11.1 Å². The summed E-state index contributed by atoms with van der Waals surface area (Å²) in [5, 5.41) is 9.84. The first-order valence-corrected chi connectivity index (χ1v) is 9.57. The summed E-state index contributed by atoms with van der Waals surface area (Å²) in [6, 6.07) is 14.5. The van der Waals surface area contributed by atoms with Crippen LogP contribution in [0.5, 0.6) is 5.75 Å². The summed E-state index contributed by atoms with van der Waals surface area (Å²) < 4.78 is 12.1. The van der Waals surface area contributed by atoms with Crippen molar-refractivity contribution in [2.75, 3.05) is 12.4 Å². The van der Waals surface area contributed by atoms with Gasteiger partial charge in [-0.2, -0.15) is 5.10 Å². The minimum atomic E-state index is -0.409.